The Morgan fingerprint density at radius 2 is 1.81 bits per heavy atom. The van der Waals surface area contributed by atoms with Crippen LogP contribution in [0.5, 0.6) is 0 Å². The van der Waals surface area contributed by atoms with E-state index in [9.17, 15) is 9.59 Å². The molecule has 2 amide bonds. The van der Waals surface area contributed by atoms with Crippen LogP contribution in [-0.4, -0.2) is 36.5 Å². The van der Waals surface area contributed by atoms with Crippen LogP contribution in [0.4, 0.5) is 0 Å². The van der Waals surface area contributed by atoms with Gasteiger partial charge in [-0.3, -0.25) is 9.59 Å². The summed E-state index contributed by atoms with van der Waals surface area (Å²) >= 11 is 0. The molecule has 5 heteroatoms. The monoisotopic (exact) mass is 229 g/mol. The molecule has 0 radical (unpaired) electrons. The summed E-state index contributed by atoms with van der Waals surface area (Å²) in [7, 11) is 0. The lowest BCUT2D eigenvalue weighted by Gasteiger charge is -2.21. The normalized spacial score (nSPS) is 13.1. The molecule has 0 fully saturated rings. The average molecular weight is 229 g/mol. The van der Waals surface area contributed by atoms with E-state index in [0.29, 0.717) is 6.54 Å². The Bertz CT molecular complexity index is 246. The van der Waals surface area contributed by atoms with Crippen LogP contribution in [0.25, 0.3) is 0 Å². The van der Waals surface area contributed by atoms with Gasteiger partial charge in [0.25, 0.3) is 0 Å². The number of carbonyl (C=O) groups is 2. The average Bonchev–Trinajstić information content (AvgIpc) is 2.14. The molecule has 0 aliphatic heterocycles. The van der Waals surface area contributed by atoms with Crippen LogP contribution >= 0.6 is 0 Å². The van der Waals surface area contributed by atoms with Crippen molar-refractivity contribution in [3.05, 3.63) is 0 Å². The molecule has 0 aromatic heterocycles. The fourth-order valence-corrected chi connectivity index (χ4v) is 1.03. The molecule has 0 bridgehead atoms. The topological polar surface area (TPSA) is 70.2 Å². The number of rotatable bonds is 5. The second-order valence-electron chi connectivity index (χ2n) is 4.79. The summed E-state index contributed by atoms with van der Waals surface area (Å²) in [6, 6.07) is -0.491. The second kappa shape index (κ2) is 6.48. The van der Waals surface area contributed by atoms with Crippen molar-refractivity contribution < 1.29 is 9.59 Å². The fraction of sp³-hybridized carbons (Fsp3) is 0.818. The van der Waals surface area contributed by atoms with Crippen LogP contribution in [0.15, 0.2) is 0 Å². The molecule has 0 saturated carbocycles. The van der Waals surface area contributed by atoms with Gasteiger partial charge in [0.2, 0.25) is 11.8 Å². The Morgan fingerprint density at radius 3 is 2.25 bits per heavy atom. The minimum atomic E-state index is -0.491. The molecule has 0 rings (SSSR count). The molecular weight excluding hydrogens is 206 g/mol. The molecule has 16 heavy (non-hydrogen) atoms. The first-order chi connectivity index (χ1) is 7.26. The molecule has 0 aliphatic carbocycles. The zero-order valence-corrected chi connectivity index (χ0v) is 10.8. The Hall–Kier alpha value is -1.10. The Kier molecular flexibility index (Phi) is 6.03. The van der Waals surface area contributed by atoms with E-state index in [4.69, 9.17) is 0 Å². The highest BCUT2D eigenvalue weighted by Gasteiger charge is 2.16. The summed E-state index contributed by atoms with van der Waals surface area (Å²) < 4.78 is 0. The summed E-state index contributed by atoms with van der Waals surface area (Å²) in [4.78, 5) is 22.8. The molecular formula is C11H23N3O2. The number of carbonyl (C=O) groups excluding carboxylic acids is 2. The maximum Gasteiger partial charge on any atom is 0.242 e. The molecule has 1 unspecified atom stereocenters. The number of hydrogen-bond donors (Lipinski definition) is 3. The van der Waals surface area contributed by atoms with E-state index in [1.54, 1.807) is 6.92 Å². The van der Waals surface area contributed by atoms with E-state index in [1.165, 1.54) is 0 Å². The molecule has 0 saturated heterocycles. The van der Waals surface area contributed by atoms with E-state index in [1.807, 2.05) is 27.7 Å². The maximum absolute atomic E-state index is 11.5. The van der Waals surface area contributed by atoms with Gasteiger partial charge in [0.05, 0.1) is 6.54 Å². The standard InChI is InChI=1S/C11H23N3O2/c1-6-12-10(16)8(2)14-9(15)7-13-11(3,4)5/h8,13H,6-7H2,1-5H3,(H,12,16)(H,14,15). The van der Waals surface area contributed by atoms with Gasteiger partial charge in [0.1, 0.15) is 6.04 Å². The Labute approximate surface area is 97.4 Å². The lowest BCUT2D eigenvalue weighted by molar-refractivity contribution is -0.128. The Balaban J connectivity index is 3.92. The van der Waals surface area contributed by atoms with Gasteiger partial charge in [-0.15, -0.1) is 0 Å². The molecule has 0 heterocycles. The lowest BCUT2D eigenvalue weighted by atomic mass is 10.1. The van der Waals surface area contributed by atoms with Crippen molar-refractivity contribution in [3.8, 4) is 0 Å². The molecule has 1 atom stereocenters. The van der Waals surface area contributed by atoms with Crippen molar-refractivity contribution in [2.75, 3.05) is 13.1 Å². The highest BCUT2D eigenvalue weighted by molar-refractivity contribution is 5.87. The van der Waals surface area contributed by atoms with Gasteiger partial charge < -0.3 is 16.0 Å². The minimum Gasteiger partial charge on any atom is -0.355 e. The third kappa shape index (κ3) is 7.23. The van der Waals surface area contributed by atoms with Gasteiger partial charge in [-0.25, -0.2) is 0 Å². The summed E-state index contributed by atoms with van der Waals surface area (Å²) in [6.07, 6.45) is 0. The highest BCUT2D eigenvalue weighted by Crippen LogP contribution is 1.96. The van der Waals surface area contributed by atoms with Crippen LogP contribution in [0.2, 0.25) is 0 Å². The van der Waals surface area contributed by atoms with Gasteiger partial charge in [0, 0.05) is 12.1 Å². The Morgan fingerprint density at radius 1 is 1.25 bits per heavy atom. The predicted molar refractivity (Wildman–Crippen MR) is 64.0 cm³/mol. The van der Waals surface area contributed by atoms with Crippen molar-refractivity contribution in [2.45, 2.75) is 46.2 Å². The predicted octanol–water partition coefficient (Wildman–Crippen LogP) is 0.0153. The van der Waals surface area contributed by atoms with Crippen molar-refractivity contribution in [1.82, 2.24) is 16.0 Å². The quantitative estimate of drug-likeness (QED) is 0.622. The molecule has 0 aromatic rings. The van der Waals surface area contributed by atoms with E-state index in [0.717, 1.165) is 0 Å². The number of amides is 2. The zero-order chi connectivity index (χ0) is 12.8. The van der Waals surface area contributed by atoms with E-state index >= 15 is 0 Å². The van der Waals surface area contributed by atoms with Gasteiger partial charge >= 0.3 is 0 Å². The molecule has 5 nitrogen and oxygen atoms in total. The van der Waals surface area contributed by atoms with Crippen molar-refractivity contribution in [2.24, 2.45) is 0 Å². The van der Waals surface area contributed by atoms with Crippen LogP contribution in [0.1, 0.15) is 34.6 Å². The number of hydrogen-bond acceptors (Lipinski definition) is 3. The largest absolute Gasteiger partial charge is 0.355 e. The van der Waals surface area contributed by atoms with Crippen LogP contribution in [0, 0.1) is 0 Å². The lowest BCUT2D eigenvalue weighted by Crippen LogP contribution is -2.49. The molecule has 0 aliphatic rings. The third-order valence-corrected chi connectivity index (χ3v) is 1.90. The van der Waals surface area contributed by atoms with Crippen LogP contribution in [-0.2, 0) is 9.59 Å². The molecule has 94 valence electrons. The first-order valence-corrected chi connectivity index (χ1v) is 5.58. The van der Waals surface area contributed by atoms with E-state index in [2.05, 4.69) is 16.0 Å². The maximum atomic E-state index is 11.5. The number of nitrogens with one attached hydrogen (secondary N) is 3. The molecule has 3 N–H and O–H groups in total. The summed E-state index contributed by atoms with van der Waals surface area (Å²) in [6.45, 7) is 10.2. The summed E-state index contributed by atoms with van der Waals surface area (Å²) in [5.41, 5.74) is -0.105. The van der Waals surface area contributed by atoms with E-state index in [-0.39, 0.29) is 23.9 Å². The van der Waals surface area contributed by atoms with Crippen LogP contribution in [0.3, 0.4) is 0 Å². The zero-order valence-electron chi connectivity index (χ0n) is 10.8. The highest BCUT2D eigenvalue weighted by atomic mass is 16.2. The molecule has 0 aromatic carbocycles. The minimum absolute atomic E-state index is 0.105. The smallest absolute Gasteiger partial charge is 0.242 e. The van der Waals surface area contributed by atoms with Crippen LogP contribution < -0.4 is 16.0 Å². The van der Waals surface area contributed by atoms with Gasteiger partial charge in [-0.1, -0.05) is 0 Å². The summed E-state index contributed by atoms with van der Waals surface area (Å²) in [5, 5.41) is 8.33. The van der Waals surface area contributed by atoms with Gasteiger partial charge in [-0.2, -0.15) is 0 Å². The van der Waals surface area contributed by atoms with Crippen molar-refractivity contribution in [3.63, 3.8) is 0 Å². The van der Waals surface area contributed by atoms with Gasteiger partial charge in [-0.05, 0) is 34.6 Å². The first kappa shape index (κ1) is 14.9. The van der Waals surface area contributed by atoms with Gasteiger partial charge in [0.15, 0.2) is 0 Å². The first-order valence-electron chi connectivity index (χ1n) is 5.58. The van der Waals surface area contributed by atoms with Crippen molar-refractivity contribution in [1.29, 1.82) is 0 Å². The second-order valence-corrected chi connectivity index (χ2v) is 4.79. The number of likely N-dealkylation sites (N-methyl/N-ethyl adjacent to an activating group) is 1. The fourth-order valence-electron chi connectivity index (χ4n) is 1.03. The third-order valence-electron chi connectivity index (χ3n) is 1.90. The SMILES string of the molecule is CCNC(=O)C(C)NC(=O)CNC(C)(C)C. The molecule has 0 spiro atoms. The van der Waals surface area contributed by atoms with E-state index < -0.39 is 6.04 Å². The van der Waals surface area contributed by atoms with Crippen molar-refractivity contribution >= 4 is 11.8 Å². The summed E-state index contributed by atoms with van der Waals surface area (Å²) in [5.74, 6) is -0.333.